The average molecular weight is 445 g/mol. The lowest BCUT2D eigenvalue weighted by molar-refractivity contribution is -0.119. The maximum Gasteiger partial charge on any atom is 0.359 e. The number of halogens is 1. The molecule has 0 unspecified atom stereocenters. The molecule has 9 nitrogen and oxygen atoms in total. The van der Waals surface area contributed by atoms with E-state index in [9.17, 15) is 9.59 Å². The van der Waals surface area contributed by atoms with Gasteiger partial charge in [0.1, 0.15) is 11.5 Å². The second kappa shape index (κ2) is 9.48. The number of anilines is 1. The highest BCUT2D eigenvalue weighted by Crippen LogP contribution is 2.25. The summed E-state index contributed by atoms with van der Waals surface area (Å²) in [6.07, 6.45) is 0. The van der Waals surface area contributed by atoms with Crippen LogP contribution in [0.2, 0.25) is 5.02 Å². The first kappa shape index (κ1) is 22.1. The monoisotopic (exact) mass is 444 g/mol. The van der Waals surface area contributed by atoms with Gasteiger partial charge in [0.15, 0.2) is 18.1 Å². The lowest BCUT2D eigenvalue weighted by Crippen LogP contribution is -2.22. The van der Waals surface area contributed by atoms with E-state index in [-0.39, 0.29) is 10.7 Å². The Hall–Kier alpha value is -3.59. The highest BCUT2D eigenvalue weighted by Gasteiger charge is 2.18. The van der Waals surface area contributed by atoms with Crippen LogP contribution in [-0.2, 0) is 9.53 Å². The molecule has 0 fully saturated rings. The molecule has 1 aromatic carbocycles. The van der Waals surface area contributed by atoms with Crippen molar-refractivity contribution in [1.82, 2.24) is 14.8 Å². The van der Waals surface area contributed by atoms with Gasteiger partial charge in [-0.05, 0) is 32.0 Å². The number of methoxy groups -OCH3 is 2. The summed E-state index contributed by atoms with van der Waals surface area (Å²) in [5, 5.41) is 7.06. The molecule has 2 heterocycles. The molecular weight excluding hydrogens is 424 g/mol. The van der Waals surface area contributed by atoms with Crippen molar-refractivity contribution in [2.45, 2.75) is 13.8 Å². The molecule has 0 spiro atoms. The molecule has 0 saturated heterocycles. The van der Waals surface area contributed by atoms with Gasteiger partial charge in [-0.3, -0.25) is 4.79 Å². The van der Waals surface area contributed by atoms with Gasteiger partial charge in [-0.15, -0.1) is 0 Å². The maximum atomic E-state index is 12.5. The Kier molecular flexibility index (Phi) is 6.76. The number of hydrogen-bond donors (Lipinski definition) is 1. The summed E-state index contributed by atoms with van der Waals surface area (Å²) in [5.74, 6) is 0.0447. The van der Waals surface area contributed by atoms with Crippen molar-refractivity contribution < 1.29 is 23.8 Å². The Balaban J connectivity index is 1.69. The number of carbonyl (C=O) groups is 2. The third kappa shape index (κ3) is 5.32. The SMILES string of the molecule is COc1cc(NC(=O)COC(=O)c2nc(-n3nc(C)cc3C)ccc2Cl)cc(OC)c1. The average Bonchev–Trinajstić information content (AvgIpc) is 3.09. The maximum absolute atomic E-state index is 12.5. The predicted molar refractivity (Wildman–Crippen MR) is 114 cm³/mol. The van der Waals surface area contributed by atoms with Gasteiger partial charge in [-0.1, -0.05) is 11.6 Å². The highest BCUT2D eigenvalue weighted by molar-refractivity contribution is 6.33. The van der Waals surface area contributed by atoms with Crippen LogP contribution < -0.4 is 14.8 Å². The predicted octanol–water partition coefficient (Wildman–Crippen LogP) is 3.35. The second-order valence-electron chi connectivity index (χ2n) is 6.56. The highest BCUT2D eigenvalue weighted by atomic mass is 35.5. The Morgan fingerprint density at radius 1 is 1.06 bits per heavy atom. The summed E-state index contributed by atoms with van der Waals surface area (Å²) >= 11 is 6.11. The minimum atomic E-state index is -0.827. The van der Waals surface area contributed by atoms with Crippen LogP contribution in [0, 0.1) is 13.8 Å². The number of hydrogen-bond acceptors (Lipinski definition) is 7. The van der Waals surface area contributed by atoms with E-state index >= 15 is 0 Å². The molecule has 0 aliphatic heterocycles. The number of aromatic nitrogens is 3. The van der Waals surface area contributed by atoms with Crippen molar-refractivity contribution in [2.24, 2.45) is 0 Å². The number of ether oxygens (including phenoxy) is 3. The third-order valence-electron chi connectivity index (χ3n) is 4.22. The molecule has 1 amide bonds. The van der Waals surface area contributed by atoms with E-state index in [2.05, 4.69) is 15.4 Å². The number of amides is 1. The summed E-state index contributed by atoms with van der Waals surface area (Å²) in [6, 6.07) is 9.93. The molecular formula is C21H21ClN4O5. The number of nitrogens with zero attached hydrogens (tertiary/aromatic N) is 3. The molecule has 2 aromatic heterocycles. The quantitative estimate of drug-likeness (QED) is 0.557. The van der Waals surface area contributed by atoms with Gasteiger partial charge in [0.2, 0.25) is 0 Å². The Bertz CT molecular complexity index is 1110. The molecule has 0 saturated carbocycles. The summed E-state index contributed by atoms with van der Waals surface area (Å²) < 4.78 is 17.0. The smallest absolute Gasteiger partial charge is 0.359 e. The van der Waals surface area contributed by atoms with Gasteiger partial charge in [0.25, 0.3) is 5.91 Å². The standard InChI is InChI=1S/C21H21ClN4O5/c1-12-7-13(2)26(25-12)18-6-5-17(22)20(24-18)21(28)31-11-19(27)23-14-8-15(29-3)10-16(9-14)30-4/h5-10H,11H2,1-4H3,(H,23,27). The minimum absolute atomic E-state index is 0.105. The van der Waals surface area contributed by atoms with Gasteiger partial charge in [-0.2, -0.15) is 5.10 Å². The topological polar surface area (TPSA) is 105 Å². The lowest BCUT2D eigenvalue weighted by atomic mass is 10.2. The van der Waals surface area contributed by atoms with Crippen molar-refractivity contribution in [1.29, 1.82) is 0 Å². The van der Waals surface area contributed by atoms with Crippen LogP contribution in [0.4, 0.5) is 5.69 Å². The summed E-state index contributed by atoms with van der Waals surface area (Å²) in [5.41, 5.74) is 1.98. The first-order valence-corrected chi connectivity index (χ1v) is 9.58. The van der Waals surface area contributed by atoms with Crippen molar-refractivity contribution in [3.8, 4) is 17.3 Å². The fourth-order valence-electron chi connectivity index (χ4n) is 2.83. The fraction of sp³-hybridized carbons (Fsp3) is 0.238. The van der Waals surface area contributed by atoms with Crippen LogP contribution >= 0.6 is 11.6 Å². The van der Waals surface area contributed by atoms with Crippen molar-refractivity contribution >= 4 is 29.2 Å². The van der Waals surface area contributed by atoms with Crippen molar-refractivity contribution in [3.63, 3.8) is 0 Å². The first-order chi connectivity index (χ1) is 14.8. The van der Waals surface area contributed by atoms with Crippen LogP contribution in [-0.4, -0.2) is 47.5 Å². The van der Waals surface area contributed by atoms with Gasteiger partial charge >= 0.3 is 5.97 Å². The molecule has 3 aromatic rings. The number of rotatable bonds is 7. The molecule has 0 radical (unpaired) electrons. The van der Waals surface area contributed by atoms with Crippen molar-refractivity contribution in [3.05, 3.63) is 58.5 Å². The Labute approximate surface area is 183 Å². The molecule has 31 heavy (non-hydrogen) atoms. The lowest BCUT2D eigenvalue weighted by Gasteiger charge is -2.11. The molecule has 162 valence electrons. The first-order valence-electron chi connectivity index (χ1n) is 9.21. The van der Waals surface area contributed by atoms with E-state index in [0.717, 1.165) is 11.4 Å². The van der Waals surface area contributed by atoms with E-state index < -0.39 is 18.5 Å². The molecule has 10 heteroatoms. The number of benzene rings is 1. The van der Waals surface area contributed by atoms with Crippen LogP contribution in [0.1, 0.15) is 21.9 Å². The summed E-state index contributed by atoms with van der Waals surface area (Å²) in [6.45, 7) is 3.19. The number of esters is 1. The van der Waals surface area contributed by atoms with E-state index in [0.29, 0.717) is 23.0 Å². The zero-order valence-electron chi connectivity index (χ0n) is 17.4. The number of nitrogens with one attached hydrogen (secondary N) is 1. The van der Waals surface area contributed by atoms with Crippen LogP contribution in [0.25, 0.3) is 5.82 Å². The zero-order chi connectivity index (χ0) is 22.5. The Morgan fingerprint density at radius 3 is 2.32 bits per heavy atom. The molecule has 0 bridgehead atoms. The van der Waals surface area contributed by atoms with Gasteiger partial charge in [0.05, 0.1) is 24.9 Å². The van der Waals surface area contributed by atoms with E-state index in [1.54, 1.807) is 28.9 Å². The molecule has 0 aliphatic carbocycles. The zero-order valence-corrected chi connectivity index (χ0v) is 18.2. The van der Waals surface area contributed by atoms with Gasteiger partial charge < -0.3 is 19.5 Å². The summed E-state index contributed by atoms with van der Waals surface area (Å²) in [7, 11) is 3.00. The van der Waals surface area contributed by atoms with Gasteiger partial charge in [0, 0.05) is 29.6 Å². The number of aryl methyl sites for hydroxylation is 2. The number of pyridine rings is 1. The van der Waals surface area contributed by atoms with E-state index in [1.807, 2.05) is 19.9 Å². The third-order valence-corrected chi connectivity index (χ3v) is 4.53. The van der Waals surface area contributed by atoms with Crippen LogP contribution in [0.15, 0.2) is 36.4 Å². The fourth-order valence-corrected chi connectivity index (χ4v) is 3.01. The largest absolute Gasteiger partial charge is 0.497 e. The van der Waals surface area contributed by atoms with Crippen LogP contribution in [0.3, 0.4) is 0 Å². The molecule has 0 atom stereocenters. The van der Waals surface area contributed by atoms with Gasteiger partial charge in [-0.25, -0.2) is 14.5 Å². The minimum Gasteiger partial charge on any atom is -0.497 e. The van der Waals surface area contributed by atoms with E-state index in [4.69, 9.17) is 25.8 Å². The van der Waals surface area contributed by atoms with Crippen molar-refractivity contribution in [2.75, 3.05) is 26.1 Å². The molecule has 0 aliphatic rings. The molecule has 1 N–H and O–H groups in total. The Morgan fingerprint density at radius 2 is 1.74 bits per heavy atom. The van der Waals surface area contributed by atoms with Crippen LogP contribution in [0.5, 0.6) is 11.5 Å². The number of carbonyl (C=O) groups excluding carboxylic acids is 2. The van der Waals surface area contributed by atoms with E-state index in [1.165, 1.54) is 20.3 Å². The normalized spacial score (nSPS) is 10.5. The second-order valence-corrected chi connectivity index (χ2v) is 6.97. The molecule has 3 rings (SSSR count). The summed E-state index contributed by atoms with van der Waals surface area (Å²) in [4.78, 5) is 29.0.